The maximum atomic E-state index is 13.0. The molecule has 33 heavy (non-hydrogen) atoms. The number of nitrogens with zero attached hydrogens (tertiary/aromatic N) is 1. The zero-order valence-electron chi connectivity index (χ0n) is 18.3. The van der Waals surface area contributed by atoms with Crippen LogP contribution in [0.3, 0.4) is 0 Å². The van der Waals surface area contributed by atoms with Crippen LogP contribution in [0.15, 0.2) is 52.1 Å². The van der Waals surface area contributed by atoms with Crippen LogP contribution in [-0.4, -0.2) is 39.9 Å². The normalized spacial score (nSPS) is 15.4. The first-order valence-corrected chi connectivity index (χ1v) is 10.9. The third-order valence-corrected chi connectivity index (χ3v) is 6.09. The number of nitrogens with two attached hydrogens (primary N) is 1. The monoisotopic (exact) mass is 449 g/mol. The van der Waals surface area contributed by atoms with Gasteiger partial charge >= 0.3 is 5.69 Å². The predicted molar refractivity (Wildman–Crippen MR) is 123 cm³/mol. The van der Waals surface area contributed by atoms with E-state index in [-0.39, 0.29) is 5.56 Å². The SMILES string of the molecule is CCOc1ccccc1-n1c(O)c([C@@H]2[NH2+]CCc3c2[nH]c2ccc(OC)cc32)c(=O)[nH]c1=O. The highest BCUT2D eigenvalue weighted by molar-refractivity contribution is 5.86. The highest BCUT2D eigenvalue weighted by atomic mass is 16.5. The first-order chi connectivity index (χ1) is 16.0. The molecule has 9 nitrogen and oxygen atoms in total. The highest BCUT2D eigenvalue weighted by Crippen LogP contribution is 2.35. The van der Waals surface area contributed by atoms with Gasteiger partial charge in [0.1, 0.15) is 17.1 Å². The van der Waals surface area contributed by atoms with E-state index in [1.54, 1.807) is 31.4 Å². The minimum Gasteiger partial charge on any atom is -0.497 e. The molecule has 9 heteroatoms. The number of hydrogen-bond acceptors (Lipinski definition) is 5. The lowest BCUT2D eigenvalue weighted by molar-refractivity contribution is -0.690. The van der Waals surface area contributed by atoms with Crippen molar-refractivity contribution in [1.29, 1.82) is 0 Å². The van der Waals surface area contributed by atoms with E-state index < -0.39 is 23.2 Å². The Labute approximate surface area is 188 Å². The lowest BCUT2D eigenvalue weighted by Gasteiger charge is -2.22. The summed E-state index contributed by atoms with van der Waals surface area (Å²) in [4.78, 5) is 31.5. The standard InChI is InChI=1S/C24H24N4O5/c1-3-33-18-7-5-4-6-17(18)28-23(30)19(22(29)27-24(28)31)21-20-14(10-11-25-21)15-12-13(32-2)8-9-16(15)26-20/h4-9,12,21,25-26,30H,3,10-11H2,1-2H3,(H,27,29,31)/p+1/t21-/m0/s1. The van der Waals surface area contributed by atoms with Gasteiger partial charge in [-0.1, -0.05) is 12.1 Å². The van der Waals surface area contributed by atoms with E-state index in [1.807, 2.05) is 30.4 Å². The molecule has 170 valence electrons. The van der Waals surface area contributed by atoms with Crippen molar-refractivity contribution in [3.63, 3.8) is 0 Å². The molecule has 0 amide bonds. The molecule has 5 rings (SSSR count). The first kappa shape index (κ1) is 20.9. The molecule has 3 heterocycles. The number of hydrogen-bond donors (Lipinski definition) is 4. The fourth-order valence-corrected chi connectivity index (χ4v) is 4.65. The molecule has 1 aliphatic heterocycles. The molecule has 4 aromatic rings. The Kier molecular flexibility index (Phi) is 5.18. The summed E-state index contributed by atoms with van der Waals surface area (Å²) in [7, 11) is 1.62. The summed E-state index contributed by atoms with van der Waals surface area (Å²) in [6.07, 6.45) is 0.796. The molecular formula is C24H25N4O5+. The number of aromatic hydroxyl groups is 1. The number of aromatic amines is 2. The number of methoxy groups -OCH3 is 1. The van der Waals surface area contributed by atoms with Crippen LogP contribution in [0.2, 0.25) is 0 Å². The molecule has 2 aromatic heterocycles. The zero-order chi connectivity index (χ0) is 23.1. The molecule has 0 unspecified atom stereocenters. The number of fused-ring (bicyclic) bond motifs is 3. The van der Waals surface area contributed by atoms with Crippen molar-refractivity contribution in [2.45, 2.75) is 19.4 Å². The van der Waals surface area contributed by atoms with Gasteiger partial charge in [-0.2, -0.15) is 0 Å². The summed E-state index contributed by atoms with van der Waals surface area (Å²) >= 11 is 0. The lowest BCUT2D eigenvalue weighted by atomic mass is 9.95. The number of H-pyrrole nitrogens is 2. The van der Waals surface area contributed by atoms with Crippen LogP contribution in [0.25, 0.3) is 16.6 Å². The van der Waals surface area contributed by atoms with Gasteiger partial charge in [-0.15, -0.1) is 0 Å². The average molecular weight is 449 g/mol. The number of nitrogens with one attached hydrogen (secondary N) is 2. The Balaban J connectivity index is 1.72. The zero-order valence-corrected chi connectivity index (χ0v) is 18.3. The number of quaternary nitrogens is 1. The lowest BCUT2D eigenvalue weighted by Crippen LogP contribution is -2.87. The summed E-state index contributed by atoms with van der Waals surface area (Å²) in [6, 6.07) is 12.2. The first-order valence-electron chi connectivity index (χ1n) is 10.9. The second-order valence-electron chi connectivity index (χ2n) is 7.91. The molecule has 5 N–H and O–H groups in total. The van der Waals surface area contributed by atoms with Gasteiger partial charge in [0.25, 0.3) is 5.56 Å². The maximum absolute atomic E-state index is 13.0. The summed E-state index contributed by atoms with van der Waals surface area (Å²) in [5, 5.41) is 14.3. The third-order valence-electron chi connectivity index (χ3n) is 6.09. The second kappa shape index (κ2) is 8.18. The molecule has 0 bridgehead atoms. The van der Waals surface area contributed by atoms with Gasteiger partial charge < -0.3 is 24.9 Å². The molecule has 1 aliphatic rings. The van der Waals surface area contributed by atoms with Crippen LogP contribution in [0, 0.1) is 0 Å². The Hall–Kier alpha value is -3.98. The largest absolute Gasteiger partial charge is 0.497 e. The molecule has 0 radical (unpaired) electrons. The van der Waals surface area contributed by atoms with Gasteiger partial charge in [0.05, 0.1) is 31.6 Å². The Bertz CT molecular complexity index is 1470. The third kappa shape index (κ3) is 3.37. The molecule has 0 saturated heterocycles. The van der Waals surface area contributed by atoms with Crippen LogP contribution >= 0.6 is 0 Å². The van der Waals surface area contributed by atoms with Crippen LogP contribution in [-0.2, 0) is 6.42 Å². The number of aromatic nitrogens is 3. The number of rotatable bonds is 5. The number of benzene rings is 2. The van der Waals surface area contributed by atoms with E-state index in [9.17, 15) is 14.7 Å². The van der Waals surface area contributed by atoms with E-state index in [0.717, 1.165) is 45.4 Å². The molecule has 0 spiro atoms. The van der Waals surface area contributed by atoms with Gasteiger partial charge in [0.15, 0.2) is 6.04 Å². The Morgan fingerprint density at radius 2 is 2.00 bits per heavy atom. The Morgan fingerprint density at radius 1 is 1.18 bits per heavy atom. The summed E-state index contributed by atoms with van der Waals surface area (Å²) < 4.78 is 12.1. The van der Waals surface area contributed by atoms with Crippen molar-refractivity contribution in [3.05, 3.63) is 80.1 Å². The van der Waals surface area contributed by atoms with Gasteiger partial charge in [0, 0.05) is 17.3 Å². The molecular weight excluding hydrogens is 424 g/mol. The van der Waals surface area contributed by atoms with Crippen molar-refractivity contribution in [2.24, 2.45) is 0 Å². The quantitative estimate of drug-likeness (QED) is 0.366. The van der Waals surface area contributed by atoms with Crippen LogP contribution in [0.4, 0.5) is 0 Å². The second-order valence-corrected chi connectivity index (χ2v) is 7.91. The predicted octanol–water partition coefficient (Wildman–Crippen LogP) is 1.33. The number of ether oxygens (including phenoxy) is 2. The maximum Gasteiger partial charge on any atom is 0.335 e. The topological polar surface area (TPSA) is 126 Å². The summed E-state index contributed by atoms with van der Waals surface area (Å²) in [5.41, 5.74) is 1.94. The average Bonchev–Trinajstić information content (AvgIpc) is 3.19. The fraction of sp³-hybridized carbons (Fsp3) is 0.250. The smallest absolute Gasteiger partial charge is 0.335 e. The van der Waals surface area contributed by atoms with Crippen molar-refractivity contribution in [1.82, 2.24) is 14.5 Å². The Morgan fingerprint density at radius 3 is 2.79 bits per heavy atom. The molecule has 2 aromatic carbocycles. The fourth-order valence-electron chi connectivity index (χ4n) is 4.65. The summed E-state index contributed by atoms with van der Waals surface area (Å²) in [5.74, 6) is 0.778. The van der Waals surface area contributed by atoms with Crippen LogP contribution in [0.1, 0.15) is 29.8 Å². The number of para-hydroxylation sites is 2. The van der Waals surface area contributed by atoms with E-state index in [1.165, 1.54) is 0 Å². The molecule has 0 saturated carbocycles. The highest BCUT2D eigenvalue weighted by Gasteiger charge is 2.34. The summed E-state index contributed by atoms with van der Waals surface area (Å²) in [6.45, 7) is 2.94. The van der Waals surface area contributed by atoms with Crippen molar-refractivity contribution >= 4 is 10.9 Å². The molecule has 0 fully saturated rings. The molecule has 0 aliphatic carbocycles. The van der Waals surface area contributed by atoms with Gasteiger partial charge in [0.2, 0.25) is 5.88 Å². The van der Waals surface area contributed by atoms with Crippen molar-refractivity contribution in [3.8, 4) is 23.1 Å². The van der Waals surface area contributed by atoms with Crippen molar-refractivity contribution < 1.29 is 19.9 Å². The molecule has 1 atom stereocenters. The van der Waals surface area contributed by atoms with Crippen molar-refractivity contribution in [2.75, 3.05) is 20.3 Å². The minimum atomic E-state index is -0.731. The van der Waals surface area contributed by atoms with Crippen LogP contribution in [0.5, 0.6) is 17.4 Å². The van der Waals surface area contributed by atoms with E-state index >= 15 is 0 Å². The van der Waals surface area contributed by atoms with E-state index in [2.05, 4.69) is 9.97 Å². The minimum absolute atomic E-state index is 0.111. The van der Waals surface area contributed by atoms with Gasteiger partial charge in [-0.05, 0) is 42.8 Å². The van der Waals surface area contributed by atoms with Gasteiger partial charge in [-0.3, -0.25) is 9.78 Å². The van der Waals surface area contributed by atoms with Crippen LogP contribution < -0.4 is 26.0 Å². The van der Waals surface area contributed by atoms with E-state index in [4.69, 9.17) is 9.47 Å². The van der Waals surface area contributed by atoms with E-state index in [0.29, 0.717) is 18.0 Å². The van der Waals surface area contributed by atoms with Gasteiger partial charge in [-0.25, -0.2) is 9.36 Å².